The zero-order valence-corrected chi connectivity index (χ0v) is 12.0. The lowest BCUT2D eigenvalue weighted by Gasteiger charge is -2.38. The number of carbonyl (C=O) groups excluding carboxylic acids is 1. The molecule has 0 aromatic heterocycles. The van der Waals surface area contributed by atoms with Gasteiger partial charge in [-0.25, -0.2) is 0 Å². The SMILES string of the molecule is CSc1ccccc1C(=O)N1CCNC(C)C1C. The molecule has 1 aliphatic rings. The van der Waals surface area contributed by atoms with Gasteiger partial charge in [0.1, 0.15) is 0 Å². The van der Waals surface area contributed by atoms with Crippen LogP contribution < -0.4 is 5.32 Å². The van der Waals surface area contributed by atoms with Crippen LogP contribution in [0, 0.1) is 0 Å². The van der Waals surface area contributed by atoms with Crippen molar-refractivity contribution in [2.45, 2.75) is 30.8 Å². The Morgan fingerprint density at radius 2 is 2.11 bits per heavy atom. The maximum absolute atomic E-state index is 12.6. The van der Waals surface area contributed by atoms with Gasteiger partial charge in [0.15, 0.2) is 0 Å². The minimum Gasteiger partial charge on any atom is -0.333 e. The number of nitrogens with zero attached hydrogens (tertiary/aromatic N) is 1. The van der Waals surface area contributed by atoms with E-state index in [0.717, 1.165) is 23.5 Å². The van der Waals surface area contributed by atoms with Crippen LogP contribution in [0.2, 0.25) is 0 Å². The maximum Gasteiger partial charge on any atom is 0.255 e. The molecule has 1 fully saturated rings. The van der Waals surface area contributed by atoms with E-state index in [2.05, 4.69) is 19.2 Å². The Bertz CT molecular complexity index is 436. The summed E-state index contributed by atoms with van der Waals surface area (Å²) in [4.78, 5) is 15.7. The summed E-state index contributed by atoms with van der Waals surface area (Å²) in [5.74, 6) is 0.154. The molecule has 18 heavy (non-hydrogen) atoms. The Balaban J connectivity index is 2.25. The number of hydrogen-bond donors (Lipinski definition) is 1. The lowest BCUT2D eigenvalue weighted by Crippen LogP contribution is -2.57. The van der Waals surface area contributed by atoms with Gasteiger partial charge < -0.3 is 10.2 Å². The molecule has 2 rings (SSSR count). The van der Waals surface area contributed by atoms with E-state index in [4.69, 9.17) is 0 Å². The quantitative estimate of drug-likeness (QED) is 0.831. The fourth-order valence-electron chi connectivity index (χ4n) is 2.32. The van der Waals surface area contributed by atoms with E-state index in [9.17, 15) is 4.79 Å². The summed E-state index contributed by atoms with van der Waals surface area (Å²) in [5, 5.41) is 3.40. The van der Waals surface area contributed by atoms with Gasteiger partial charge in [0.05, 0.1) is 5.56 Å². The average molecular weight is 264 g/mol. The largest absolute Gasteiger partial charge is 0.333 e. The molecule has 1 amide bonds. The van der Waals surface area contributed by atoms with Crippen molar-refractivity contribution >= 4 is 17.7 Å². The summed E-state index contributed by atoms with van der Waals surface area (Å²) in [6, 6.07) is 8.43. The molecule has 0 spiro atoms. The van der Waals surface area contributed by atoms with Gasteiger partial charge in [-0.1, -0.05) is 12.1 Å². The molecule has 0 saturated carbocycles. The number of nitrogens with one attached hydrogen (secondary N) is 1. The molecule has 2 unspecified atom stereocenters. The Hall–Kier alpha value is -1.00. The van der Waals surface area contributed by atoms with Crippen molar-refractivity contribution in [2.75, 3.05) is 19.3 Å². The maximum atomic E-state index is 12.6. The normalized spacial score (nSPS) is 24.1. The van der Waals surface area contributed by atoms with Crippen molar-refractivity contribution in [2.24, 2.45) is 0 Å². The van der Waals surface area contributed by atoms with Gasteiger partial charge in [0.25, 0.3) is 5.91 Å². The molecule has 1 aliphatic heterocycles. The van der Waals surface area contributed by atoms with E-state index < -0.39 is 0 Å². The highest BCUT2D eigenvalue weighted by molar-refractivity contribution is 7.98. The fraction of sp³-hybridized carbons (Fsp3) is 0.500. The number of rotatable bonds is 2. The van der Waals surface area contributed by atoms with Crippen LogP contribution in [-0.2, 0) is 0 Å². The molecule has 98 valence electrons. The zero-order chi connectivity index (χ0) is 13.1. The summed E-state index contributed by atoms with van der Waals surface area (Å²) >= 11 is 1.63. The van der Waals surface area contributed by atoms with Crippen LogP contribution in [0.4, 0.5) is 0 Å². The van der Waals surface area contributed by atoms with Crippen molar-refractivity contribution in [3.05, 3.63) is 29.8 Å². The molecular weight excluding hydrogens is 244 g/mol. The van der Waals surface area contributed by atoms with Gasteiger partial charge in [-0.3, -0.25) is 4.79 Å². The number of hydrogen-bond acceptors (Lipinski definition) is 3. The van der Waals surface area contributed by atoms with Crippen LogP contribution in [0.15, 0.2) is 29.2 Å². The molecule has 0 radical (unpaired) electrons. The summed E-state index contributed by atoms with van der Waals surface area (Å²) < 4.78 is 0. The first-order chi connectivity index (χ1) is 8.65. The second-order valence-electron chi connectivity index (χ2n) is 4.68. The van der Waals surface area contributed by atoms with Gasteiger partial charge in [0, 0.05) is 30.1 Å². The van der Waals surface area contributed by atoms with Crippen molar-refractivity contribution in [3.63, 3.8) is 0 Å². The molecule has 4 heteroatoms. The van der Waals surface area contributed by atoms with E-state index in [1.807, 2.05) is 35.4 Å². The molecule has 3 nitrogen and oxygen atoms in total. The van der Waals surface area contributed by atoms with E-state index in [1.54, 1.807) is 11.8 Å². The Kier molecular flexibility index (Phi) is 4.30. The second-order valence-corrected chi connectivity index (χ2v) is 5.53. The van der Waals surface area contributed by atoms with Crippen LogP contribution in [0.1, 0.15) is 24.2 Å². The molecule has 0 bridgehead atoms. The topological polar surface area (TPSA) is 32.3 Å². The van der Waals surface area contributed by atoms with E-state index in [0.29, 0.717) is 6.04 Å². The molecule has 1 heterocycles. The number of benzene rings is 1. The third-order valence-electron chi connectivity index (χ3n) is 3.63. The highest BCUT2D eigenvalue weighted by atomic mass is 32.2. The standard InChI is InChI=1S/C14H20N2OS/c1-10-11(2)16(9-8-15-10)14(17)12-6-4-5-7-13(12)18-3/h4-7,10-11,15H,8-9H2,1-3H3. The molecular formula is C14H20N2OS. The van der Waals surface area contributed by atoms with Crippen molar-refractivity contribution in [1.29, 1.82) is 0 Å². The zero-order valence-electron chi connectivity index (χ0n) is 11.1. The summed E-state index contributed by atoms with van der Waals surface area (Å²) in [6.07, 6.45) is 2.01. The minimum atomic E-state index is 0.154. The Morgan fingerprint density at radius 1 is 1.39 bits per heavy atom. The average Bonchev–Trinajstić information content (AvgIpc) is 2.41. The van der Waals surface area contributed by atoms with Crippen LogP contribution in [0.25, 0.3) is 0 Å². The number of carbonyl (C=O) groups is 1. The lowest BCUT2D eigenvalue weighted by molar-refractivity contribution is 0.0599. The van der Waals surface area contributed by atoms with Crippen molar-refractivity contribution in [1.82, 2.24) is 10.2 Å². The van der Waals surface area contributed by atoms with E-state index in [-0.39, 0.29) is 11.9 Å². The molecule has 1 N–H and O–H groups in total. The summed E-state index contributed by atoms with van der Waals surface area (Å²) in [5.41, 5.74) is 0.825. The predicted octanol–water partition coefficient (Wildman–Crippen LogP) is 2.23. The molecule has 1 aromatic rings. The minimum absolute atomic E-state index is 0.154. The van der Waals surface area contributed by atoms with Gasteiger partial charge in [0.2, 0.25) is 0 Å². The van der Waals surface area contributed by atoms with Gasteiger partial charge in [-0.05, 0) is 32.2 Å². The van der Waals surface area contributed by atoms with Gasteiger partial charge in [-0.15, -0.1) is 11.8 Å². The first-order valence-corrected chi connectivity index (χ1v) is 7.55. The summed E-state index contributed by atoms with van der Waals surface area (Å²) in [7, 11) is 0. The number of piperazine rings is 1. The lowest BCUT2D eigenvalue weighted by atomic mass is 10.1. The van der Waals surface area contributed by atoms with E-state index >= 15 is 0 Å². The Labute approximate surface area is 113 Å². The van der Waals surface area contributed by atoms with Crippen molar-refractivity contribution < 1.29 is 4.79 Å². The number of amides is 1. The first kappa shape index (κ1) is 13.4. The predicted molar refractivity (Wildman–Crippen MR) is 76.2 cm³/mol. The van der Waals surface area contributed by atoms with Crippen molar-refractivity contribution in [3.8, 4) is 0 Å². The number of thioether (sulfide) groups is 1. The van der Waals surface area contributed by atoms with E-state index in [1.165, 1.54) is 0 Å². The summed E-state index contributed by atoms with van der Waals surface area (Å²) in [6.45, 7) is 5.90. The molecule has 2 atom stereocenters. The smallest absolute Gasteiger partial charge is 0.255 e. The third-order valence-corrected chi connectivity index (χ3v) is 4.43. The van der Waals surface area contributed by atoms with Gasteiger partial charge >= 0.3 is 0 Å². The monoisotopic (exact) mass is 264 g/mol. The second kappa shape index (κ2) is 5.76. The van der Waals surface area contributed by atoms with Crippen LogP contribution in [0.5, 0.6) is 0 Å². The van der Waals surface area contributed by atoms with Crippen LogP contribution in [-0.4, -0.2) is 42.2 Å². The van der Waals surface area contributed by atoms with Crippen LogP contribution in [0.3, 0.4) is 0 Å². The molecule has 1 aromatic carbocycles. The highest BCUT2D eigenvalue weighted by Gasteiger charge is 2.29. The molecule has 0 aliphatic carbocycles. The highest BCUT2D eigenvalue weighted by Crippen LogP contribution is 2.23. The Morgan fingerprint density at radius 3 is 2.83 bits per heavy atom. The van der Waals surface area contributed by atoms with Gasteiger partial charge in [-0.2, -0.15) is 0 Å². The fourth-order valence-corrected chi connectivity index (χ4v) is 2.91. The third kappa shape index (κ3) is 2.54. The van der Waals surface area contributed by atoms with Crippen LogP contribution >= 0.6 is 11.8 Å². The first-order valence-electron chi connectivity index (χ1n) is 6.32. The molecule has 1 saturated heterocycles.